The first kappa shape index (κ1) is 12.4. The van der Waals surface area contributed by atoms with Crippen molar-refractivity contribution in [2.24, 2.45) is 4.99 Å². The number of amides is 1. The van der Waals surface area contributed by atoms with Gasteiger partial charge in [0, 0.05) is 19.7 Å². The van der Waals surface area contributed by atoms with Crippen LogP contribution in [0.15, 0.2) is 23.2 Å². The van der Waals surface area contributed by atoms with E-state index in [9.17, 15) is 4.79 Å². The van der Waals surface area contributed by atoms with Gasteiger partial charge < -0.3 is 4.90 Å². The molecule has 0 aromatic heterocycles. The molecule has 1 aromatic rings. The first-order chi connectivity index (χ1) is 7.41. The highest BCUT2D eigenvalue weighted by Crippen LogP contribution is 2.10. The summed E-state index contributed by atoms with van der Waals surface area (Å²) in [5, 5.41) is 0. The van der Waals surface area contributed by atoms with E-state index in [2.05, 4.69) is 4.99 Å². The van der Waals surface area contributed by atoms with Gasteiger partial charge in [0.2, 0.25) is 0 Å². The van der Waals surface area contributed by atoms with Crippen molar-refractivity contribution in [3.05, 3.63) is 34.9 Å². The smallest absolute Gasteiger partial charge is 0.278 e. The lowest BCUT2D eigenvalue weighted by Gasteiger charge is -2.10. The quantitative estimate of drug-likeness (QED) is 0.535. The maximum Gasteiger partial charge on any atom is 0.278 e. The second-order valence-corrected chi connectivity index (χ2v) is 4.16. The van der Waals surface area contributed by atoms with Crippen molar-refractivity contribution >= 4 is 11.7 Å². The molecule has 0 N–H and O–H groups in total. The van der Waals surface area contributed by atoms with Crippen LogP contribution in [0, 0.1) is 13.8 Å². The van der Waals surface area contributed by atoms with Crippen molar-refractivity contribution in [1.29, 1.82) is 0 Å². The highest BCUT2D eigenvalue weighted by molar-refractivity contribution is 6.02. The zero-order valence-corrected chi connectivity index (χ0v) is 10.5. The SMILES string of the molecule is CC(=NC(=O)c1ccc(C)c(C)c1)N(C)C. The summed E-state index contributed by atoms with van der Waals surface area (Å²) in [5.41, 5.74) is 2.94. The largest absolute Gasteiger partial charge is 0.366 e. The Morgan fingerprint density at radius 1 is 1.19 bits per heavy atom. The van der Waals surface area contributed by atoms with E-state index in [0.29, 0.717) is 11.4 Å². The van der Waals surface area contributed by atoms with Crippen LogP contribution in [0.2, 0.25) is 0 Å². The van der Waals surface area contributed by atoms with Gasteiger partial charge in [-0.15, -0.1) is 0 Å². The number of amidine groups is 1. The maximum atomic E-state index is 11.8. The van der Waals surface area contributed by atoms with Gasteiger partial charge in [-0.1, -0.05) is 6.07 Å². The van der Waals surface area contributed by atoms with Gasteiger partial charge in [0.25, 0.3) is 5.91 Å². The van der Waals surface area contributed by atoms with E-state index in [1.54, 1.807) is 0 Å². The number of benzene rings is 1. The molecule has 0 radical (unpaired) electrons. The zero-order chi connectivity index (χ0) is 12.3. The molecule has 0 saturated heterocycles. The molecule has 0 bridgehead atoms. The normalized spacial score (nSPS) is 11.4. The van der Waals surface area contributed by atoms with E-state index in [1.165, 1.54) is 5.56 Å². The molecular weight excluding hydrogens is 200 g/mol. The minimum atomic E-state index is -0.186. The van der Waals surface area contributed by atoms with Gasteiger partial charge in [-0.3, -0.25) is 4.79 Å². The molecule has 16 heavy (non-hydrogen) atoms. The molecule has 0 atom stereocenters. The molecule has 0 spiro atoms. The fraction of sp³-hybridized carbons (Fsp3) is 0.385. The molecule has 1 amide bonds. The van der Waals surface area contributed by atoms with Crippen molar-refractivity contribution < 1.29 is 4.79 Å². The summed E-state index contributed by atoms with van der Waals surface area (Å²) >= 11 is 0. The molecule has 0 aliphatic carbocycles. The number of carbonyl (C=O) groups excluding carboxylic acids is 1. The van der Waals surface area contributed by atoms with Gasteiger partial charge in [-0.2, -0.15) is 4.99 Å². The third-order valence-electron chi connectivity index (χ3n) is 2.66. The number of hydrogen-bond donors (Lipinski definition) is 0. The van der Waals surface area contributed by atoms with Crippen molar-refractivity contribution in [2.45, 2.75) is 20.8 Å². The van der Waals surface area contributed by atoms with Gasteiger partial charge in [0.05, 0.1) is 0 Å². The van der Waals surface area contributed by atoms with E-state index in [-0.39, 0.29) is 5.91 Å². The average Bonchev–Trinajstić information content (AvgIpc) is 2.21. The molecule has 0 saturated carbocycles. The molecule has 0 unspecified atom stereocenters. The highest BCUT2D eigenvalue weighted by Gasteiger charge is 2.06. The van der Waals surface area contributed by atoms with Gasteiger partial charge in [0.1, 0.15) is 5.84 Å². The number of aliphatic imine (C=N–C) groups is 1. The lowest BCUT2D eigenvalue weighted by atomic mass is 10.1. The second kappa shape index (κ2) is 4.92. The molecule has 1 rings (SSSR count). The Hall–Kier alpha value is -1.64. The highest BCUT2D eigenvalue weighted by atomic mass is 16.1. The summed E-state index contributed by atoms with van der Waals surface area (Å²) in [6, 6.07) is 5.64. The first-order valence-corrected chi connectivity index (χ1v) is 5.26. The molecule has 0 heterocycles. The Morgan fingerprint density at radius 2 is 1.81 bits per heavy atom. The molecule has 1 aromatic carbocycles. The number of rotatable bonds is 1. The predicted octanol–water partition coefficient (Wildman–Crippen LogP) is 2.42. The second-order valence-electron chi connectivity index (χ2n) is 4.16. The number of carbonyl (C=O) groups is 1. The Balaban J connectivity index is 2.98. The summed E-state index contributed by atoms with van der Waals surface area (Å²) in [4.78, 5) is 17.6. The average molecular weight is 218 g/mol. The fourth-order valence-electron chi connectivity index (χ4n) is 1.19. The van der Waals surface area contributed by atoms with E-state index in [0.717, 1.165) is 5.56 Å². The van der Waals surface area contributed by atoms with Crippen LogP contribution in [0.1, 0.15) is 28.4 Å². The third kappa shape index (κ3) is 2.92. The lowest BCUT2D eigenvalue weighted by Crippen LogP contribution is -2.19. The number of nitrogens with zero attached hydrogens (tertiary/aromatic N) is 2. The van der Waals surface area contributed by atoms with Crippen LogP contribution in [0.4, 0.5) is 0 Å². The minimum absolute atomic E-state index is 0.186. The van der Waals surface area contributed by atoms with Crippen LogP contribution in [-0.2, 0) is 0 Å². The predicted molar refractivity (Wildman–Crippen MR) is 67.0 cm³/mol. The molecule has 3 nitrogen and oxygen atoms in total. The molecular formula is C13H18N2O. The van der Waals surface area contributed by atoms with Crippen molar-refractivity contribution in [3.8, 4) is 0 Å². The monoisotopic (exact) mass is 218 g/mol. The van der Waals surface area contributed by atoms with Gasteiger partial charge in [-0.05, 0) is 44.0 Å². The lowest BCUT2D eigenvalue weighted by molar-refractivity contribution is 0.100. The van der Waals surface area contributed by atoms with Gasteiger partial charge in [-0.25, -0.2) is 0 Å². The Bertz CT molecular complexity index is 434. The maximum absolute atomic E-state index is 11.8. The Morgan fingerprint density at radius 3 is 2.31 bits per heavy atom. The minimum Gasteiger partial charge on any atom is -0.366 e. The Kier molecular flexibility index (Phi) is 3.82. The van der Waals surface area contributed by atoms with Crippen LogP contribution in [0.3, 0.4) is 0 Å². The summed E-state index contributed by atoms with van der Waals surface area (Å²) in [7, 11) is 3.74. The Labute approximate surface area is 96.8 Å². The molecule has 0 aliphatic heterocycles. The van der Waals surface area contributed by atoms with Crippen molar-refractivity contribution in [3.63, 3.8) is 0 Å². The van der Waals surface area contributed by atoms with Crippen LogP contribution in [0.5, 0.6) is 0 Å². The van der Waals surface area contributed by atoms with Crippen LogP contribution >= 0.6 is 0 Å². The summed E-state index contributed by atoms with van der Waals surface area (Å²) < 4.78 is 0. The van der Waals surface area contributed by atoms with E-state index in [1.807, 2.05) is 58.0 Å². The van der Waals surface area contributed by atoms with Crippen molar-refractivity contribution in [1.82, 2.24) is 4.90 Å². The number of hydrogen-bond acceptors (Lipinski definition) is 1. The van der Waals surface area contributed by atoms with Crippen LogP contribution < -0.4 is 0 Å². The summed E-state index contributed by atoms with van der Waals surface area (Å²) in [5.74, 6) is 0.525. The van der Waals surface area contributed by atoms with Crippen LogP contribution in [-0.4, -0.2) is 30.7 Å². The van der Waals surface area contributed by atoms with E-state index in [4.69, 9.17) is 0 Å². The number of aryl methyl sites for hydroxylation is 2. The zero-order valence-electron chi connectivity index (χ0n) is 10.5. The van der Waals surface area contributed by atoms with Crippen LogP contribution in [0.25, 0.3) is 0 Å². The summed E-state index contributed by atoms with van der Waals surface area (Å²) in [6.07, 6.45) is 0. The fourth-order valence-corrected chi connectivity index (χ4v) is 1.19. The van der Waals surface area contributed by atoms with Gasteiger partial charge in [0.15, 0.2) is 0 Å². The van der Waals surface area contributed by atoms with E-state index < -0.39 is 0 Å². The first-order valence-electron chi connectivity index (χ1n) is 5.26. The van der Waals surface area contributed by atoms with Crippen molar-refractivity contribution in [2.75, 3.05) is 14.1 Å². The topological polar surface area (TPSA) is 32.7 Å². The van der Waals surface area contributed by atoms with Gasteiger partial charge >= 0.3 is 0 Å². The molecule has 0 aliphatic rings. The molecule has 86 valence electrons. The van der Waals surface area contributed by atoms with E-state index >= 15 is 0 Å². The molecule has 0 fully saturated rings. The summed E-state index contributed by atoms with van der Waals surface area (Å²) in [6.45, 7) is 5.84. The molecule has 3 heteroatoms. The standard InChI is InChI=1S/C13H18N2O/c1-9-6-7-12(8-10(9)2)13(16)14-11(3)15(4)5/h6-8H,1-5H3. The third-order valence-corrected chi connectivity index (χ3v) is 2.66.